The molecule has 220 valence electrons. The van der Waals surface area contributed by atoms with Gasteiger partial charge in [0.25, 0.3) is 0 Å². The molecule has 1 N–H and O–H groups in total. The zero-order valence-corrected chi connectivity index (χ0v) is 23.9. The van der Waals surface area contributed by atoms with Gasteiger partial charge in [-0.15, -0.1) is 0 Å². The van der Waals surface area contributed by atoms with Crippen LogP contribution in [0.1, 0.15) is 71.6 Å². The van der Waals surface area contributed by atoms with Gasteiger partial charge in [-0.2, -0.15) is 0 Å². The van der Waals surface area contributed by atoms with Crippen molar-refractivity contribution in [3.05, 3.63) is 60.3 Å². The van der Waals surface area contributed by atoms with E-state index in [1.165, 1.54) is 13.2 Å². The zero-order valence-electron chi connectivity index (χ0n) is 23.9. The van der Waals surface area contributed by atoms with E-state index in [1.54, 1.807) is 30.4 Å². The van der Waals surface area contributed by atoms with Crippen molar-refractivity contribution in [2.24, 2.45) is 11.8 Å². The number of allylic oxidation sites excluding steroid dienone is 5. The molecule has 8 nitrogen and oxygen atoms in total. The smallest absolute Gasteiger partial charge is 0.330 e. The quantitative estimate of drug-likeness (QED) is 0.194. The Morgan fingerprint density at radius 3 is 2.40 bits per heavy atom. The normalized spacial score (nSPS) is 34.2. The molecule has 0 saturated carbocycles. The average molecular weight is 557 g/mol. The number of hydrogen-bond donors (Lipinski definition) is 1. The highest BCUT2D eigenvalue weighted by molar-refractivity contribution is 5.82. The molecule has 3 rings (SSSR count). The van der Waals surface area contributed by atoms with Crippen LogP contribution in [0.2, 0.25) is 0 Å². The first-order valence-corrected chi connectivity index (χ1v) is 14.4. The number of cyclic esters (lactones) is 1. The Labute approximate surface area is 237 Å². The van der Waals surface area contributed by atoms with Gasteiger partial charge in [0, 0.05) is 18.4 Å². The van der Waals surface area contributed by atoms with Crippen molar-refractivity contribution >= 4 is 17.9 Å². The summed E-state index contributed by atoms with van der Waals surface area (Å²) in [6, 6.07) is 0. The van der Waals surface area contributed by atoms with Gasteiger partial charge in [-0.05, 0) is 50.5 Å². The van der Waals surface area contributed by atoms with Crippen LogP contribution in [0.25, 0.3) is 0 Å². The number of aliphatic carboxylic acids is 1. The minimum Gasteiger partial charge on any atom is -0.481 e. The van der Waals surface area contributed by atoms with Crippen molar-refractivity contribution in [2.75, 3.05) is 7.11 Å². The molecule has 0 radical (unpaired) electrons. The van der Waals surface area contributed by atoms with Gasteiger partial charge in [0.05, 0.1) is 44.4 Å². The third kappa shape index (κ3) is 11.3. The number of methoxy groups -OCH3 is 1. The lowest BCUT2D eigenvalue weighted by atomic mass is 9.89. The third-order valence-corrected chi connectivity index (χ3v) is 7.47. The molecule has 4 bridgehead atoms. The number of ether oxygens (including phenoxy) is 4. The van der Waals surface area contributed by atoms with E-state index in [0.717, 1.165) is 37.7 Å². The fraction of sp³-hybridized carbons (Fsp3) is 0.594. The maximum absolute atomic E-state index is 13.1. The van der Waals surface area contributed by atoms with Crippen molar-refractivity contribution in [3.63, 3.8) is 0 Å². The summed E-state index contributed by atoms with van der Waals surface area (Å²) in [6.45, 7) is 4.20. The summed E-state index contributed by atoms with van der Waals surface area (Å²) in [5.74, 6) is -1.41. The standard InChI is InChI=1S/C32H44O8/c1-22-14-15-23(2)29(12-7-5-4-6-8-13-30(33)34)40-32(36)21-28-18-24(19-31(35)37-3)17-27(39-28)20-26-11-9-10-25(16-22)38-26/h4-8,12,14-15,19,22-23,25-29H,9-11,13,16-18,20-21H2,1-3H3,(H,33,34)/b5-4-,8-6+,12-7+,15-14+,24-19-. The largest absolute Gasteiger partial charge is 0.481 e. The van der Waals surface area contributed by atoms with Gasteiger partial charge in [-0.25, -0.2) is 4.79 Å². The molecular formula is C32H44O8. The van der Waals surface area contributed by atoms with E-state index >= 15 is 0 Å². The molecule has 0 aromatic heterocycles. The second-order valence-electron chi connectivity index (χ2n) is 11.1. The maximum atomic E-state index is 13.1. The fourth-order valence-corrected chi connectivity index (χ4v) is 5.49. The summed E-state index contributed by atoms with van der Waals surface area (Å²) in [7, 11) is 1.36. The SMILES string of the molecule is COC(=O)/C=C1\CC2CC(=O)OC(/C=C/C=C\C=C\CC(=O)O)C(C)/C=C/C(C)CC3CCCC(CC(C1)O2)O3. The predicted molar refractivity (Wildman–Crippen MR) is 151 cm³/mol. The van der Waals surface area contributed by atoms with Crippen molar-refractivity contribution in [1.82, 2.24) is 0 Å². The van der Waals surface area contributed by atoms with Gasteiger partial charge in [0.15, 0.2) is 0 Å². The van der Waals surface area contributed by atoms with Crippen LogP contribution in [-0.4, -0.2) is 60.6 Å². The van der Waals surface area contributed by atoms with Gasteiger partial charge in [-0.3, -0.25) is 9.59 Å². The zero-order chi connectivity index (χ0) is 28.9. The minimum absolute atomic E-state index is 0.0402. The first-order chi connectivity index (χ1) is 19.2. The molecule has 40 heavy (non-hydrogen) atoms. The lowest BCUT2D eigenvalue weighted by Crippen LogP contribution is -2.37. The van der Waals surface area contributed by atoms with Gasteiger partial charge in [-0.1, -0.05) is 62.0 Å². The molecular weight excluding hydrogens is 512 g/mol. The van der Waals surface area contributed by atoms with Crippen LogP contribution in [0.3, 0.4) is 0 Å². The van der Waals surface area contributed by atoms with E-state index in [0.29, 0.717) is 18.8 Å². The summed E-state index contributed by atoms with van der Waals surface area (Å²) < 4.78 is 23.6. The third-order valence-electron chi connectivity index (χ3n) is 7.47. The number of carbonyl (C=O) groups excluding carboxylic acids is 2. The summed E-state index contributed by atoms with van der Waals surface area (Å²) in [5.41, 5.74) is 0.914. The summed E-state index contributed by atoms with van der Waals surface area (Å²) >= 11 is 0. The molecule has 3 aliphatic rings. The highest BCUT2D eigenvalue weighted by Gasteiger charge is 2.33. The molecule has 7 unspecified atom stereocenters. The van der Waals surface area contributed by atoms with Crippen LogP contribution in [0.15, 0.2) is 60.3 Å². The molecule has 0 aromatic carbocycles. The van der Waals surface area contributed by atoms with Crippen LogP contribution in [0, 0.1) is 11.8 Å². The topological polar surface area (TPSA) is 108 Å². The highest BCUT2D eigenvalue weighted by Crippen LogP contribution is 2.33. The first kappa shape index (κ1) is 31.6. The number of esters is 2. The van der Waals surface area contributed by atoms with Gasteiger partial charge >= 0.3 is 17.9 Å². The van der Waals surface area contributed by atoms with Crippen molar-refractivity contribution < 1.29 is 38.4 Å². The van der Waals surface area contributed by atoms with E-state index in [9.17, 15) is 14.4 Å². The average Bonchev–Trinajstić information content (AvgIpc) is 2.89. The Balaban J connectivity index is 1.80. The van der Waals surface area contributed by atoms with Crippen molar-refractivity contribution in [3.8, 4) is 0 Å². The van der Waals surface area contributed by atoms with Crippen molar-refractivity contribution in [2.45, 2.75) is 102 Å². The molecule has 0 amide bonds. The van der Waals surface area contributed by atoms with E-state index < -0.39 is 24.1 Å². The predicted octanol–water partition coefficient (Wildman–Crippen LogP) is 5.64. The molecule has 3 heterocycles. The van der Waals surface area contributed by atoms with E-state index in [1.807, 2.05) is 13.0 Å². The van der Waals surface area contributed by atoms with Gasteiger partial charge < -0.3 is 24.1 Å². The molecule has 0 aromatic rings. The number of hydrogen-bond acceptors (Lipinski definition) is 7. The van der Waals surface area contributed by atoms with Crippen LogP contribution in [0.4, 0.5) is 0 Å². The van der Waals surface area contributed by atoms with E-state index in [-0.39, 0.29) is 43.0 Å². The number of carbonyl (C=O) groups is 3. The minimum atomic E-state index is -0.885. The first-order valence-electron chi connectivity index (χ1n) is 14.4. The van der Waals surface area contributed by atoms with Crippen LogP contribution in [-0.2, 0) is 33.3 Å². The second-order valence-corrected chi connectivity index (χ2v) is 11.1. The Morgan fingerprint density at radius 1 is 0.950 bits per heavy atom. The lowest BCUT2D eigenvalue weighted by Gasteiger charge is -2.37. The van der Waals surface area contributed by atoms with E-state index in [4.69, 9.17) is 24.1 Å². The van der Waals surface area contributed by atoms with E-state index in [2.05, 4.69) is 19.1 Å². The number of rotatable bonds is 6. The summed E-state index contributed by atoms with van der Waals surface area (Å²) in [6.07, 6.45) is 21.3. The molecule has 8 heteroatoms. The highest BCUT2D eigenvalue weighted by atomic mass is 16.6. The monoisotopic (exact) mass is 556 g/mol. The lowest BCUT2D eigenvalue weighted by molar-refractivity contribution is -0.154. The fourth-order valence-electron chi connectivity index (χ4n) is 5.49. The maximum Gasteiger partial charge on any atom is 0.330 e. The van der Waals surface area contributed by atoms with Gasteiger partial charge in [0.2, 0.25) is 0 Å². The summed E-state index contributed by atoms with van der Waals surface area (Å²) in [4.78, 5) is 35.7. The Kier molecular flexibility index (Phi) is 12.9. The Hall–Kier alpha value is -2.97. The number of fused-ring (bicyclic) bond motifs is 4. The Bertz CT molecular complexity index is 1010. The van der Waals surface area contributed by atoms with Crippen LogP contribution >= 0.6 is 0 Å². The van der Waals surface area contributed by atoms with Crippen LogP contribution in [0.5, 0.6) is 0 Å². The molecule has 2 saturated heterocycles. The second kappa shape index (κ2) is 16.3. The molecule has 3 aliphatic heterocycles. The van der Waals surface area contributed by atoms with Crippen molar-refractivity contribution in [1.29, 1.82) is 0 Å². The Morgan fingerprint density at radius 2 is 1.65 bits per heavy atom. The molecule has 2 fully saturated rings. The van der Waals surface area contributed by atoms with Crippen LogP contribution < -0.4 is 0 Å². The molecule has 7 atom stereocenters. The molecule has 0 aliphatic carbocycles. The summed E-state index contributed by atoms with van der Waals surface area (Å²) in [5, 5.41) is 8.73. The molecule has 0 spiro atoms. The van der Waals surface area contributed by atoms with Gasteiger partial charge in [0.1, 0.15) is 6.10 Å². The number of carboxylic acid groups (broad SMARTS) is 1. The number of carboxylic acids is 1.